The first-order valence-electron chi connectivity index (χ1n) is 7.48. The number of nitrogens with zero attached hydrogens (tertiary/aromatic N) is 3. The highest BCUT2D eigenvalue weighted by Gasteiger charge is 2.32. The van der Waals surface area contributed by atoms with Crippen LogP contribution in [0, 0.1) is 13.8 Å². The maximum atomic E-state index is 12.6. The van der Waals surface area contributed by atoms with Crippen molar-refractivity contribution in [1.82, 2.24) is 14.3 Å². The van der Waals surface area contributed by atoms with Crippen LogP contribution in [0.4, 0.5) is 0 Å². The molecule has 2 aromatic heterocycles. The number of rotatable bonds is 4. The lowest BCUT2D eigenvalue weighted by atomic mass is 10.1. The number of sulfonamides is 1. The lowest BCUT2D eigenvalue weighted by Gasteiger charge is -2.31. The lowest BCUT2D eigenvalue weighted by Crippen LogP contribution is -2.44. The largest absolute Gasteiger partial charge is 0.459 e. The van der Waals surface area contributed by atoms with Crippen molar-refractivity contribution in [1.29, 1.82) is 0 Å². The van der Waals surface area contributed by atoms with E-state index in [1.54, 1.807) is 17.5 Å². The molecule has 6 nitrogen and oxygen atoms in total. The Bertz CT molecular complexity index is 755. The molecule has 124 valence electrons. The minimum Gasteiger partial charge on any atom is -0.459 e. The van der Waals surface area contributed by atoms with E-state index in [1.165, 1.54) is 15.6 Å². The van der Waals surface area contributed by atoms with Gasteiger partial charge in [-0.2, -0.15) is 4.31 Å². The molecular formula is C15H19N3O3S2. The Morgan fingerprint density at radius 1 is 1.30 bits per heavy atom. The minimum atomic E-state index is -3.43. The van der Waals surface area contributed by atoms with E-state index >= 15 is 0 Å². The molecule has 0 bridgehead atoms. The maximum Gasteiger partial charge on any atom is 0.317 e. The highest BCUT2D eigenvalue weighted by Crippen LogP contribution is 2.25. The topological polar surface area (TPSA) is 72.4 Å². The zero-order valence-corrected chi connectivity index (χ0v) is 14.7. The van der Waals surface area contributed by atoms with Gasteiger partial charge in [0.25, 0.3) is 10.0 Å². The third-order valence-corrected chi connectivity index (χ3v) is 6.90. The zero-order valence-electron chi connectivity index (χ0n) is 13.1. The van der Waals surface area contributed by atoms with Gasteiger partial charge >= 0.3 is 6.01 Å². The van der Waals surface area contributed by atoms with Gasteiger partial charge in [-0.25, -0.2) is 18.4 Å². The van der Waals surface area contributed by atoms with Crippen LogP contribution in [0.25, 0.3) is 0 Å². The van der Waals surface area contributed by atoms with Gasteiger partial charge in [0.05, 0.1) is 6.54 Å². The van der Waals surface area contributed by atoms with Crippen LogP contribution in [0.15, 0.2) is 27.8 Å². The van der Waals surface area contributed by atoms with Gasteiger partial charge in [0.1, 0.15) is 10.3 Å². The average molecular weight is 353 g/mol. The SMILES string of the molecule is Cc1cc(C)nc(OC2CCCN(S(=O)(=O)c3cccs3)C2)n1. The number of piperidine rings is 1. The first kappa shape index (κ1) is 16.4. The first-order valence-corrected chi connectivity index (χ1v) is 9.80. The summed E-state index contributed by atoms with van der Waals surface area (Å²) in [7, 11) is -3.43. The van der Waals surface area contributed by atoms with E-state index in [-0.39, 0.29) is 6.10 Å². The Hall–Kier alpha value is -1.51. The molecule has 3 heterocycles. The summed E-state index contributed by atoms with van der Waals surface area (Å²) in [6.07, 6.45) is 1.34. The van der Waals surface area contributed by atoms with Crippen molar-refractivity contribution >= 4 is 21.4 Å². The van der Waals surface area contributed by atoms with Crippen LogP contribution in [0.2, 0.25) is 0 Å². The van der Waals surface area contributed by atoms with E-state index in [2.05, 4.69) is 9.97 Å². The van der Waals surface area contributed by atoms with Gasteiger partial charge in [-0.1, -0.05) is 6.07 Å². The van der Waals surface area contributed by atoms with Gasteiger partial charge in [0.15, 0.2) is 0 Å². The second-order valence-electron chi connectivity index (χ2n) is 5.61. The first-order chi connectivity index (χ1) is 10.9. The Morgan fingerprint density at radius 2 is 2.04 bits per heavy atom. The number of thiophene rings is 1. The number of aromatic nitrogens is 2. The number of hydrogen-bond acceptors (Lipinski definition) is 6. The fourth-order valence-corrected chi connectivity index (χ4v) is 5.31. The third-order valence-electron chi connectivity index (χ3n) is 3.66. The van der Waals surface area contributed by atoms with Gasteiger partial charge in [-0.3, -0.25) is 0 Å². The van der Waals surface area contributed by atoms with Crippen LogP contribution >= 0.6 is 11.3 Å². The van der Waals surface area contributed by atoms with Gasteiger partial charge in [0, 0.05) is 17.9 Å². The van der Waals surface area contributed by atoms with Crippen molar-refractivity contribution in [2.45, 2.75) is 37.0 Å². The molecule has 0 aromatic carbocycles. The highest BCUT2D eigenvalue weighted by atomic mass is 32.2. The molecule has 2 aromatic rings. The number of aryl methyl sites for hydroxylation is 2. The van der Waals surface area contributed by atoms with Gasteiger partial charge in [-0.05, 0) is 44.2 Å². The monoisotopic (exact) mass is 353 g/mol. The molecule has 0 spiro atoms. The summed E-state index contributed by atoms with van der Waals surface area (Å²) in [5.74, 6) is 0. The standard InChI is InChI=1S/C15H19N3O3S2/c1-11-9-12(2)17-15(16-11)21-13-5-3-7-18(10-13)23(19,20)14-6-4-8-22-14/h4,6,8-9,13H,3,5,7,10H2,1-2H3. The van der Waals surface area contributed by atoms with E-state index in [1.807, 2.05) is 19.9 Å². The van der Waals surface area contributed by atoms with Crippen molar-refractivity contribution in [2.75, 3.05) is 13.1 Å². The fraction of sp³-hybridized carbons (Fsp3) is 0.467. The van der Waals surface area contributed by atoms with Crippen molar-refractivity contribution in [3.05, 3.63) is 35.0 Å². The molecule has 0 saturated carbocycles. The van der Waals surface area contributed by atoms with Crippen LogP contribution in [0.3, 0.4) is 0 Å². The summed E-state index contributed by atoms with van der Waals surface area (Å²) < 4.78 is 32.9. The Labute approximate surface area is 140 Å². The zero-order chi connectivity index (χ0) is 16.4. The Morgan fingerprint density at radius 3 is 2.70 bits per heavy atom. The number of hydrogen-bond donors (Lipinski definition) is 0. The van der Waals surface area contributed by atoms with E-state index < -0.39 is 10.0 Å². The second-order valence-corrected chi connectivity index (χ2v) is 8.72. The average Bonchev–Trinajstić information content (AvgIpc) is 3.01. The van der Waals surface area contributed by atoms with Crippen LogP contribution in [-0.4, -0.2) is 41.9 Å². The molecule has 1 aliphatic rings. The minimum absolute atomic E-state index is 0.223. The molecule has 1 unspecified atom stereocenters. The third kappa shape index (κ3) is 3.70. The predicted octanol–water partition coefficient (Wildman–Crippen LogP) is 2.39. The Balaban J connectivity index is 1.73. The lowest BCUT2D eigenvalue weighted by molar-refractivity contribution is 0.119. The van der Waals surface area contributed by atoms with Gasteiger partial charge < -0.3 is 4.74 Å². The highest BCUT2D eigenvalue weighted by molar-refractivity contribution is 7.91. The van der Waals surface area contributed by atoms with Crippen LogP contribution in [0.5, 0.6) is 6.01 Å². The summed E-state index contributed by atoms with van der Waals surface area (Å²) in [6, 6.07) is 5.58. The van der Waals surface area contributed by atoms with E-state index in [0.717, 1.165) is 24.2 Å². The molecule has 1 atom stereocenters. The quantitative estimate of drug-likeness (QED) is 0.844. The van der Waals surface area contributed by atoms with Crippen LogP contribution in [-0.2, 0) is 10.0 Å². The van der Waals surface area contributed by atoms with Crippen molar-refractivity contribution in [3.8, 4) is 6.01 Å². The molecule has 1 saturated heterocycles. The van der Waals surface area contributed by atoms with E-state index in [4.69, 9.17) is 4.74 Å². The fourth-order valence-electron chi connectivity index (χ4n) is 2.65. The Kier molecular flexibility index (Phi) is 4.65. The van der Waals surface area contributed by atoms with Gasteiger partial charge in [0.2, 0.25) is 0 Å². The molecule has 23 heavy (non-hydrogen) atoms. The molecule has 0 radical (unpaired) electrons. The summed E-state index contributed by atoms with van der Waals surface area (Å²) in [6.45, 7) is 4.62. The molecule has 0 aliphatic carbocycles. The normalized spacial score (nSPS) is 19.7. The summed E-state index contributed by atoms with van der Waals surface area (Å²) in [5, 5.41) is 1.77. The predicted molar refractivity (Wildman–Crippen MR) is 88.2 cm³/mol. The van der Waals surface area contributed by atoms with E-state index in [0.29, 0.717) is 23.3 Å². The van der Waals surface area contributed by atoms with Gasteiger partial charge in [-0.15, -0.1) is 11.3 Å². The molecule has 1 aliphatic heterocycles. The molecular weight excluding hydrogens is 334 g/mol. The van der Waals surface area contributed by atoms with Crippen molar-refractivity contribution in [2.24, 2.45) is 0 Å². The summed E-state index contributed by atoms with van der Waals surface area (Å²) in [4.78, 5) is 8.53. The maximum absolute atomic E-state index is 12.6. The molecule has 8 heteroatoms. The summed E-state index contributed by atoms with van der Waals surface area (Å²) in [5.41, 5.74) is 1.68. The van der Waals surface area contributed by atoms with Crippen LogP contribution < -0.4 is 4.74 Å². The second kappa shape index (κ2) is 6.54. The van der Waals surface area contributed by atoms with Crippen molar-refractivity contribution < 1.29 is 13.2 Å². The molecule has 3 rings (SSSR count). The molecule has 0 amide bonds. The summed E-state index contributed by atoms with van der Waals surface area (Å²) >= 11 is 1.24. The molecule has 1 fully saturated rings. The smallest absolute Gasteiger partial charge is 0.317 e. The van der Waals surface area contributed by atoms with Crippen LogP contribution in [0.1, 0.15) is 24.2 Å². The molecule has 0 N–H and O–H groups in total. The van der Waals surface area contributed by atoms with Crippen molar-refractivity contribution in [3.63, 3.8) is 0 Å². The van der Waals surface area contributed by atoms with E-state index in [9.17, 15) is 8.42 Å². The number of ether oxygens (including phenoxy) is 1.